The van der Waals surface area contributed by atoms with Crippen LogP contribution in [-0.2, 0) is 21.3 Å². The highest BCUT2D eigenvalue weighted by Gasteiger charge is 2.79. The summed E-state index contributed by atoms with van der Waals surface area (Å²) in [4.78, 5) is 2.58. The predicted molar refractivity (Wildman–Crippen MR) is 110 cm³/mol. The van der Waals surface area contributed by atoms with Crippen LogP contribution in [0.15, 0.2) is 24.3 Å². The molecule has 1 saturated carbocycles. The van der Waals surface area contributed by atoms with Gasteiger partial charge in [-0.2, -0.15) is 0 Å². The van der Waals surface area contributed by atoms with Crippen molar-refractivity contribution in [2.75, 3.05) is 34.9 Å². The molecule has 1 saturated heterocycles. The topological polar surface area (TPSA) is 40.2 Å². The van der Waals surface area contributed by atoms with E-state index in [4.69, 9.17) is 18.9 Å². The molecule has 2 heterocycles. The average Bonchev–Trinajstić information content (AvgIpc) is 3.12. The third-order valence-corrected chi connectivity index (χ3v) is 9.27. The van der Waals surface area contributed by atoms with Crippen LogP contribution >= 0.6 is 0 Å². The summed E-state index contributed by atoms with van der Waals surface area (Å²) < 4.78 is 24.9. The Morgan fingerprint density at radius 2 is 2.03 bits per heavy atom. The molecule has 7 rings (SSSR count). The molecule has 29 heavy (non-hydrogen) atoms. The second-order valence-corrected chi connectivity index (χ2v) is 9.73. The third-order valence-electron chi connectivity index (χ3n) is 9.27. The molecule has 2 spiro atoms. The molecule has 2 aliphatic heterocycles. The average molecular weight is 398 g/mol. The summed E-state index contributed by atoms with van der Waals surface area (Å²) in [7, 11) is 7.69. The molecule has 0 N–H and O–H groups in total. The number of benzene rings is 1. The summed E-state index contributed by atoms with van der Waals surface area (Å²) in [6.07, 6.45) is 8.08. The number of hydrogen-bond acceptors (Lipinski definition) is 5. The van der Waals surface area contributed by atoms with E-state index in [1.54, 1.807) is 7.11 Å². The van der Waals surface area contributed by atoms with Crippen molar-refractivity contribution in [2.45, 2.75) is 55.5 Å². The number of hydrogen-bond donors (Lipinski definition) is 0. The number of likely N-dealkylation sites (N-methyl/N-ethyl adjacent to an activating group) is 1. The van der Waals surface area contributed by atoms with E-state index < -0.39 is 5.60 Å². The summed E-state index contributed by atoms with van der Waals surface area (Å²) in [5, 5.41) is 0. The standard InChI is InChI=1S/C24H31NO4/c1-14(26-3)16-13-22-8-9-24(16,28-5)21-23(22)10-11-25(2)18(22)12-15-6-7-17(27-4)20(29-21)19(15)23/h6-9,14,16,18,21H,10-13H2,1-5H3/t14-,16+,18+,21-,22+,23-,24+/m0/s1. The van der Waals surface area contributed by atoms with E-state index in [0.29, 0.717) is 6.04 Å². The van der Waals surface area contributed by atoms with Gasteiger partial charge in [0.05, 0.1) is 18.6 Å². The molecule has 0 amide bonds. The number of piperidine rings is 1. The van der Waals surface area contributed by atoms with Crippen molar-refractivity contribution in [1.82, 2.24) is 4.90 Å². The first-order valence-corrected chi connectivity index (χ1v) is 10.8. The van der Waals surface area contributed by atoms with Gasteiger partial charge in [0.2, 0.25) is 0 Å². The number of rotatable bonds is 4. The first kappa shape index (κ1) is 18.2. The summed E-state index contributed by atoms with van der Waals surface area (Å²) >= 11 is 0. The number of ether oxygens (including phenoxy) is 4. The minimum atomic E-state index is -0.490. The predicted octanol–water partition coefficient (Wildman–Crippen LogP) is 2.95. The quantitative estimate of drug-likeness (QED) is 0.731. The van der Waals surface area contributed by atoms with Crippen LogP contribution in [0.4, 0.5) is 0 Å². The Morgan fingerprint density at radius 1 is 1.21 bits per heavy atom. The van der Waals surface area contributed by atoms with Crippen LogP contribution in [0.1, 0.15) is 30.9 Å². The van der Waals surface area contributed by atoms with Crippen molar-refractivity contribution in [2.24, 2.45) is 11.3 Å². The van der Waals surface area contributed by atoms with E-state index in [-0.39, 0.29) is 29.0 Å². The molecule has 5 heteroatoms. The lowest BCUT2D eigenvalue weighted by Gasteiger charge is -2.71. The van der Waals surface area contributed by atoms with Crippen molar-refractivity contribution < 1.29 is 18.9 Å². The van der Waals surface area contributed by atoms with Crippen LogP contribution in [0.2, 0.25) is 0 Å². The van der Waals surface area contributed by atoms with Gasteiger partial charge in [-0.25, -0.2) is 0 Å². The highest BCUT2D eigenvalue weighted by molar-refractivity contribution is 5.65. The molecule has 2 fully saturated rings. The molecule has 156 valence electrons. The minimum Gasteiger partial charge on any atom is -0.493 e. The molecular formula is C24H31NO4. The maximum absolute atomic E-state index is 6.91. The number of likely N-dealkylation sites (tertiary alicyclic amines) is 1. The molecule has 6 aliphatic rings. The second-order valence-electron chi connectivity index (χ2n) is 9.73. The number of fused-ring (bicyclic) bond motifs is 1. The van der Waals surface area contributed by atoms with Crippen molar-refractivity contribution in [3.05, 3.63) is 35.4 Å². The van der Waals surface area contributed by atoms with E-state index in [0.717, 1.165) is 37.3 Å². The van der Waals surface area contributed by atoms with Crippen LogP contribution in [0.5, 0.6) is 11.5 Å². The van der Waals surface area contributed by atoms with Gasteiger partial charge in [-0.1, -0.05) is 18.2 Å². The highest BCUT2D eigenvalue weighted by Crippen LogP contribution is 2.74. The Kier molecular flexibility index (Phi) is 3.50. The smallest absolute Gasteiger partial charge is 0.166 e. The summed E-state index contributed by atoms with van der Waals surface area (Å²) in [6, 6.07) is 4.82. The normalized spacial score (nSPS) is 44.4. The molecular weight excluding hydrogens is 366 g/mol. The van der Waals surface area contributed by atoms with Crippen LogP contribution in [0.25, 0.3) is 0 Å². The van der Waals surface area contributed by atoms with Gasteiger partial charge in [-0.3, -0.25) is 0 Å². The molecule has 0 aromatic heterocycles. The molecule has 4 aliphatic carbocycles. The van der Waals surface area contributed by atoms with Crippen LogP contribution in [-0.4, -0.2) is 63.7 Å². The second kappa shape index (κ2) is 5.57. The fourth-order valence-corrected chi connectivity index (χ4v) is 7.96. The zero-order valence-corrected chi connectivity index (χ0v) is 18.0. The molecule has 5 nitrogen and oxygen atoms in total. The fourth-order valence-electron chi connectivity index (χ4n) is 7.96. The van der Waals surface area contributed by atoms with Gasteiger partial charge in [0.15, 0.2) is 11.5 Å². The molecule has 4 bridgehead atoms. The number of nitrogens with zero attached hydrogens (tertiary/aromatic N) is 1. The van der Waals surface area contributed by atoms with Crippen molar-refractivity contribution in [1.29, 1.82) is 0 Å². The number of methoxy groups -OCH3 is 3. The minimum absolute atomic E-state index is 0.0347. The van der Waals surface area contributed by atoms with Crippen molar-refractivity contribution in [3.8, 4) is 11.5 Å². The van der Waals surface area contributed by atoms with Crippen LogP contribution in [0, 0.1) is 11.3 Å². The van der Waals surface area contributed by atoms with E-state index in [1.807, 2.05) is 14.2 Å². The van der Waals surface area contributed by atoms with Gasteiger partial charge in [0, 0.05) is 37.2 Å². The Morgan fingerprint density at radius 3 is 2.76 bits per heavy atom. The van der Waals surface area contributed by atoms with Gasteiger partial charge >= 0.3 is 0 Å². The Bertz CT molecular complexity index is 914. The summed E-state index contributed by atoms with van der Waals surface area (Å²) in [6.45, 7) is 3.26. The maximum Gasteiger partial charge on any atom is 0.166 e. The van der Waals surface area contributed by atoms with Gasteiger partial charge in [0.25, 0.3) is 0 Å². The SMILES string of the molecule is COc1ccc2c3c1O[C@@H]1[C@@]4(OC)C=C[C@@]5(C[C@@H]4[C@H](C)OC)[C@@H](C2)N(C)CC[C@]315. The van der Waals surface area contributed by atoms with Gasteiger partial charge in [-0.05, 0) is 51.4 Å². The van der Waals surface area contributed by atoms with Gasteiger partial charge in [0.1, 0.15) is 11.7 Å². The Balaban J connectivity index is 1.68. The summed E-state index contributed by atoms with van der Waals surface area (Å²) in [5.74, 6) is 2.05. The first-order chi connectivity index (χ1) is 14.0. The van der Waals surface area contributed by atoms with E-state index in [2.05, 4.69) is 43.2 Å². The largest absolute Gasteiger partial charge is 0.493 e. The first-order valence-electron chi connectivity index (χ1n) is 10.8. The zero-order chi connectivity index (χ0) is 20.2. The maximum atomic E-state index is 6.91. The van der Waals surface area contributed by atoms with Crippen LogP contribution in [0.3, 0.4) is 0 Å². The lowest BCUT2D eigenvalue weighted by atomic mass is 9.37. The van der Waals surface area contributed by atoms with Crippen molar-refractivity contribution in [3.63, 3.8) is 0 Å². The van der Waals surface area contributed by atoms with E-state index >= 15 is 0 Å². The highest BCUT2D eigenvalue weighted by atomic mass is 16.6. The van der Waals surface area contributed by atoms with Gasteiger partial charge in [-0.15, -0.1) is 0 Å². The Labute approximate surface area is 172 Å². The summed E-state index contributed by atoms with van der Waals surface area (Å²) in [5.41, 5.74) is 2.31. The fraction of sp³-hybridized carbons (Fsp3) is 0.667. The molecule has 1 aromatic rings. The molecule has 7 atom stereocenters. The van der Waals surface area contributed by atoms with Gasteiger partial charge < -0.3 is 23.8 Å². The monoisotopic (exact) mass is 397 g/mol. The molecule has 1 aromatic carbocycles. The Hall–Kier alpha value is -1.56. The molecule has 0 unspecified atom stereocenters. The third kappa shape index (κ3) is 1.73. The van der Waals surface area contributed by atoms with Crippen LogP contribution < -0.4 is 9.47 Å². The lowest BCUT2D eigenvalue weighted by Crippen LogP contribution is -2.79. The zero-order valence-electron chi connectivity index (χ0n) is 18.0. The molecule has 0 radical (unpaired) electrons. The lowest BCUT2D eigenvalue weighted by molar-refractivity contribution is -0.231. The van der Waals surface area contributed by atoms with E-state index in [9.17, 15) is 0 Å². The van der Waals surface area contributed by atoms with E-state index in [1.165, 1.54) is 11.1 Å². The van der Waals surface area contributed by atoms with Crippen molar-refractivity contribution >= 4 is 0 Å².